The van der Waals surface area contributed by atoms with Crippen molar-refractivity contribution in [3.05, 3.63) is 27.2 Å². The molecule has 0 aromatic heterocycles. The van der Waals surface area contributed by atoms with Gasteiger partial charge < -0.3 is 10.1 Å². The lowest BCUT2D eigenvalue weighted by molar-refractivity contribution is -0.172. The first-order valence-electron chi connectivity index (χ1n) is 8.96. The van der Waals surface area contributed by atoms with E-state index in [0.717, 1.165) is 19.3 Å². The fraction of sp³-hybridized carbons (Fsp3) is 0.579. The summed E-state index contributed by atoms with van der Waals surface area (Å²) in [5.41, 5.74) is -0.0986. The molecule has 0 heterocycles. The van der Waals surface area contributed by atoms with Crippen molar-refractivity contribution in [1.82, 2.24) is 0 Å². The van der Waals surface area contributed by atoms with E-state index < -0.39 is 5.91 Å². The van der Waals surface area contributed by atoms with E-state index in [-0.39, 0.29) is 33.7 Å². The first kappa shape index (κ1) is 18.4. The normalized spacial score (nSPS) is 31.7. The van der Waals surface area contributed by atoms with Crippen molar-refractivity contribution in [3.8, 4) is 0 Å². The third-order valence-corrected chi connectivity index (χ3v) is 6.89. The number of hydrogen-bond donors (Lipinski definition) is 1. The van der Waals surface area contributed by atoms with Gasteiger partial charge in [-0.1, -0.05) is 34.8 Å². The smallest absolute Gasteiger partial charge is 0.312 e. The van der Waals surface area contributed by atoms with Gasteiger partial charge in [-0.05, 0) is 68.4 Å². The molecule has 0 unspecified atom stereocenters. The molecule has 1 amide bonds. The molecule has 7 heteroatoms. The van der Waals surface area contributed by atoms with Crippen LogP contribution in [0.25, 0.3) is 0 Å². The van der Waals surface area contributed by atoms with Gasteiger partial charge in [0.1, 0.15) is 0 Å². The quantitative estimate of drug-likeness (QED) is 0.674. The van der Waals surface area contributed by atoms with Crippen LogP contribution >= 0.6 is 34.8 Å². The van der Waals surface area contributed by atoms with Crippen molar-refractivity contribution in [1.29, 1.82) is 0 Å². The molecule has 4 nitrogen and oxygen atoms in total. The molecule has 4 bridgehead atoms. The zero-order valence-corrected chi connectivity index (χ0v) is 16.5. The van der Waals surface area contributed by atoms with Crippen LogP contribution in [0.15, 0.2) is 12.1 Å². The van der Waals surface area contributed by atoms with Crippen LogP contribution in [0.1, 0.15) is 38.5 Å². The van der Waals surface area contributed by atoms with Crippen molar-refractivity contribution in [2.24, 2.45) is 23.2 Å². The number of benzene rings is 1. The Morgan fingerprint density at radius 2 is 1.50 bits per heavy atom. The lowest BCUT2D eigenvalue weighted by atomic mass is 9.49. The third kappa shape index (κ3) is 3.44. The van der Waals surface area contributed by atoms with Gasteiger partial charge >= 0.3 is 5.97 Å². The molecule has 4 aliphatic rings. The number of nitrogens with one attached hydrogen (secondary N) is 1. The summed E-state index contributed by atoms with van der Waals surface area (Å²) in [6, 6.07) is 2.98. The molecule has 140 valence electrons. The lowest BCUT2D eigenvalue weighted by Gasteiger charge is -2.55. The maximum Gasteiger partial charge on any atom is 0.312 e. The van der Waals surface area contributed by atoms with Crippen LogP contribution in [0.3, 0.4) is 0 Å². The minimum absolute atomic E-state index is 0.222. The van der Waals surface area contributed by atoms with E-state index in [1.54, 1.807) is 0 Å². The first-order chi connectivity index (χ1) is 12.3. The number of halogens is 3. The van der Waals surface area contributed by atoms with E-state index in [0.29, 0.717) is 22.8 Å². The number of carbonyl (C=O) groups is 2. The summed E-state index contributed by atoms with van der Waals surface area (Å²) in [5.74, 6) is 1.26. The Labute approximate surface area is 167 Å². The topological polar surface area (TPSA) is 55.4 Å². The summed E-state index contributed by atoms with van der Waals surface area (Å²) < 4.78 is 5.40. The number of amides is 1. The van der Waals surface area contributed by atoms with Crippen LogP contribution in [0, 0.1) is 23.2 Å². The molecule has 5 rings (SSSR count). The highest BCUT2D eigenvalue weighted by atomic mass is 35.5. The predicted octanol–water partition coefficient (Wildman–Crippen LogP) is 5.34. The monoisotopic (exact) mass is 415 g/mol. The molecule has 4 saturated carbocycles. The lowest BCUT2D eigenvalue weighted by Crippen LogP contribution is -2.50. The van der Waals surface area contributed by atoms with Gasteiger partial charge in [0, 0.05) is 5.02 Å². The second-order valence-electron chi connectivity index (χ2n) is 8.07. The van der Waals surface area contributed by atoms with Crippen molar-refractivity contribution in [2.45, 2.75) is 38.5 Å². The molecule has 0 saturated heterocycles. The predicted molar refractivity (Wildman–Crippen MR) is 102 cm³/mol. The van der Waals surface area contributed by atoms with Crippen LogP contribution in [0.4, 0.5) is 5.69 Å². The zero-order valence-electron chi connectivity index (χ0n) is 14.2. The minimum atomic E-state index is -0.464. The number of hydrogen-bond acceptors (Lipinski definition) is 3. The minimum Gasteiger partial charge on any atom is -0.455 e. The maximum atomic E-state index is 12.8. The Hall–Kier alpha value is -0.970. The Kier molecular flexibility index (Phi) is 4.87. The van der Waals surface area contributed by atoms with Gasteiger partial charge in [0.2, 0.25) is 0 Å². The van der Waals surface area contributed by atoms with E-state index in [1.165, 1.54) is 31.4 Å². The molecular weight excluding hydrogens is 397 g/mol. The second-order valence-corrected chi connectivity index (χ2v) is 9.32. The third-order valence-electron chi connectivity index (χ3n) is 6.08. The SMILES string of the molecule is O=C(COC(=O)C12CC3CC(CC(C3)C1)C2)Nc1c(Cl)cc(Cl)cc1Cl. The van der Waals surface area contributed by atoms with Crippen LogP contribution < -0.4 is 5.32 Å². The van der Waals surface area contributed by atoms with E-state index >= 15 is 0 Å². The molecule has 4 fully saturated rings. The van der Waals surface area contributed by atoms with Crippen LogP contribution in [-0.2, 0) is 14.3 Å². The summed E-state index contributed by atoms with van der Waals surface area (Å²) in [6.07, 6.45) is 6.48. The summed E-state index contributed by atoms with van der Waals surface area (Å²) >= 11 is 18.0. The molecule has 0 aliphatic heterocycles. The summed E-state index contributed by atoms with van der Waals surface area (Å²) in [4.78, 5) is 25.0. The molecule has 4 aliphatic carbocycles. The highest BCUT2D eigenvalue weighted by Crippen LogP contribution is 2.60. The fourth-order valence-electron chi connectivity index (χ4n) is 5.48. The molecule has 0 atom stereocenters. The number of carbonyl (C=O) groups excluding carboxylic acids is 2. The van der Waals surface area contributed by atoms with E-state index in [2.05, 4.69) is 5.32 Å². The number of rotatable bonds is 4. The average molecular weight is 417 g/mol. The van der Waals surface area contributed by atoms with Gasteiger partial charge in [0.25, 0.3) is 5.91 Å². The number of ether oxygens (including phenoxy) is 1. The van der Waals surface area contributed by atoms with Crippen LogP contribution in [0.5, 0.6) is 0 Å². The van der Waals surface area contributed by atoms with E-state index in [9.17, 15) is 9.59 Å². The molecular formula is C19H20Cl3NO3. The van der Waals surface area contributed by atoms with Crippen LogP contribution in [-0.4, -0.2) is 18.5 Å². The van der Waals surface area contributed by atoms with Crippen molar-refractivity contribution in [2.75, 3.05) is 11.9 Å². The Morgan fingerprint density at radius 1 is 1.00 bits per heavy atom. The molecule has 0 radical (unpaired) electrons. The Morgan fingerprint density at radius 3 is 2.00 bits per heavy atom. The highest BCUT2D eigenvalue weighted by molar-refractivity contribution is 6.42. The molecule has 26 heavy (non-hydrogen) atoms. The number of anilines is 1. The van der Waals surface area contributed by atoms with Crippen molar-refractivity contribution < 1.29 is 14.3 Å². The van der Waals surface area contributed by atoms with E-state index in [1.807, 2.05) is 0 Å². The van der Waals surface area contributed by atoms with Gasteiger partial charge in [-0.3, -0.25) is 9.59 Å². The summed E-state index contributed by atoms with van der Waals surface area (Å²) in [7, 11) is 0. The van der Waals surface area contributed by atoms with Gasteiger partial charge in [-0.25, -0.2) is 0 Å². The molecule has 0 spiro atoms. The Bertz CT molecular complexity index is 706. The molecule has 1 aromatic carbocycles. The summed E-state index contributed by atoms with van der Waals surface area (Å²) in [5, 5.41) is 3.46. The number of esters is 1. The zero-order chi connectivity index (χ0) is 18.5. The van der Waals surface area contributed by atoms with E-state index in [4.69, 9.17) is 39.5 Å². The summed E-state index contributed by atoms with van der Waals surface area (Å²) in [6.45, 7) is -0.337. The Balaban J connectivity index is 1.37. The van der Waals surface area contributed by atoms with Crippen LogP contribution in [0.2, 0.25) is 15.1 Å². The molecule has 1 N–H and O–H groups in total. The fourth-order valence-corrected chi connectivity index (χ4v) is 6.39. The average Bonchev–Trinajstić information content (AvgIpc) is 2.54. The largest absolute Gasteiger partial charge is 0.455 e. The van der Waals surface area contributed by atoms with Gasteiger partial charge in [0.15, 0.2) is 6.61 Å². The maximum absolute atomic E-state index is 12.8. The van der Waals surface area contributed by atoms with Gasteiger partial charge in [0.05, 0.1) is 21.1 Å². The van der Waals surface area contributed by atoms with Gasteiger partial charge in [-0.2, -0.15) is 0 Å². The van der Waals surface area contributed by atoms with Crippen molar-refractivity contribution in [3.63, 3.8) is 0 Å². The standard InChI is InChI=1S/C19H20Cl3NO3/c20-13-4-14(21)17(15(22)5-13)23-16(24)9-26-18(25)19-6-10-1-11(7-19)3-12(2-10)8-19/h4-5,10-12H,1-3,6-9H2,(H,23,24). The first-order valence-corrected chi connectivity index (χ1v) is 10.1. The van der Waals surface area contributed by atoms with Gasteiger partial charge in [-0.15, -0.1) is 0 Å². The second kappa shape index (κ2) is 6.88. The van der Waals surface area contributed by atoms with Crippen molar-refractivity contribution >= 4 is 52.4 Å². The highest BCUT2D eigenvalue weighted by Gasteiger charge is 2.55. The molecule has 1 aromatic rings.